The van der Waals surface area contributed by atoms with E-state index in [-0.39, 0.29) is 17.6 Å². The lowest BCUT2D eigenvalue weighted by atomic mass is 9.89. The zero-order chi connectivity index (χ0) is 21.7. The molecule has 0 aromatic carbocycles. The molecule has 1 unspecified atom stereocenters. The smallest absolute Gasteiger partial charge is 0.236 e. The summed E-state index contributed by atoms with van der Waals surface area (Å²) in [6, 6.07) is 1.69. The molecule has 0 aliphatic heterocycles. The van der Waals surface area contributed by atoms with Crippen LogP contribution in [-0.2, 0) is 17.6 Å². The number of thiophene rings is 1. The summed E-state index contributed by atoms with van der Waals surface area (Å²) in [6.07, 6.45) is 3.36. The first kappa shape index (κ1) is 20.4. The third-order valence-electron chi connectivity index (χ3n) is 5.54. The second kappa shape index (κ2) is 7.90. The standard InChI is InChI=1S/C21H24N6O2S2/c1-10(2)18-23-20-17(13-6-5-11(3)7-14(13)31-20)19-24-25-21(27(18)19)30-9-16(28)22-15-8-12(4)29-26-15/h8,10-11H,5-7,9H2,1-4H3,(H,22,26,28). The number of carbonyl (C=O) groups excluding carboxylic acids is 1. The zero-order valence-electron chi connectivity index (χ0n) is 17.9. The van der Waals surface area contributed by atoms with E-state index in [1.165, 1.54) is 28.6 Å². The molecule has 1 atom stereocenters. The van der Waals surface area contributed by atoms with Gasteiger partial charge >= 0.3 is 0 Å². The van der Waals surface area contributed by atoms with E-state index in [4.69, 9.17) is 9.51 Å². The normalized spacial score (nSPS) is 16.4. The molecule has 10 heteroatoms. The molecule has 8 nitrogen and oxygen atoms in total. The summed E-state index contributed by atoms with van der Waals surface area (Å²) >= 11 is 3.16. The monoisotopic (exact) mass is 456 g/mol. The van der Waals surface area contributed by atoms with Gasteiger partial charge in [0.15, 0.2) is 16.6 Å². The number of fused-ring (bicyclic) bond motifs is 5. The molecule has 1 aliphatic carbocycles. The fourth-order valence-corrected chi connectivity index (χ4v) is 6.18. The van der Waals surface area contributed by atoms with Crippen molar-refractivity contribution >= 4 is 50.7 Å². The number of rotatable bonds is 5. The highest BCUT2D eigenvalue weighted by Gasteiger charge is 2.26. The number of thioether (sulfide) groups is 1. The molecule has 1 aliphatic rings. The quantitative estimate of drug-likeness (QED) is 0.438. The fraction of sp³-hybridized carbons (Fsp3) is 0.476. The summed E-state index contributed by atoms with van der Waals surface area (Å²) in [4.78, 5) is 19.9. The van der Waals surface area contributed by atoms with Crippen LogP contribution in [0, 0.1) is 12.8 Å². The van der Waals surface area contributed by atoms with Crippen LogP contribution >= 0.6 is 23.1 Å². The molecule has 0 bridgehead atoms. The molecule has 1 N–H and O–H groups in total. The lowest BCUT2D eigenvalue weighted by molar-refractivity contribution is -0.113. The van der Waals surface area contributed by atoms with Crippen LogP contribution in [0.25, 0.3) is 15.9 Å². The minimum Gasteiger partial charge on any atom is -0.360 e. The summed E-state index contributed by atoms with van der Waals surface area (Å²) in [5.41, 5.74) is 2.24. The van der Waals surface area contributed by atoms with Gasteiger partial charge in [0, 0.05) is 16.9 Å². The van der Waals surface area contributed by atoms with Crippen LogP contribution in [0.2, 0.25) is 0 Å². The Kier molecular flexibility index (Phi) is 5.21. The lowest BCUT2D eigenvalue weighted by Crippen LogP contribution is -2.14. The molecule has 1 amide bonds. The maximum absolute atomic E-state index is 12.4. The Morgan fingerprint density at radius 2 is 2.26 bits per heavy atom. The summed E-state index contributed by atoms with van der Waals surface area (Å²) in [5, 5.41) is 17.4. The Morgan fingerprint density at radius 1 is 1.42 bits per heavy atom. The van der Waals surface area contributed by atoms with Crippen molar-refractivity contribution in [1.29, 1.82) is 0 Å². The van der Waals surface area contributed by atoms with Gasteiger partial charge in [0.2, 0.25) is 5.91 Å². The average molecular weight is 457 g/mol. The molecule has 4 aromatic heterocycles. The number of nitrogens with zero attached hydrogens (tertiary/aromatic N) is 5. The van der Waals surface area contributed by atoms with E-state index in [0.717, 1.165) is 34.5 Å². The second-order valence-corrected chi connectivity index (χ2v) is 10.5. The van der Waals surface area contributed by atoms with Crippen LogP contribution in [0.5, 0.6) is 0 Å². The van der Waals surface area contributed by atoms with Crippen molar-refractivity contribution in [3.05, 3.63) is 28.1 Å². The van der Waals surface area contributed by atoms with Crippen molar-refractivity contribution in [1.82, 2.24) is 24.7 Å². The van der Waals surface area contributed by atoms with E-state index < -0.39 is 0 Å². The Bertz CT molecular complexity index is 1290. The van der Waals surface area contributed by atoms with Crippen molar-refractivity contribution in [2.45, 2.75) is 58.0 Å². The van der Waals surface area contributed by atoms with Crippen molar-refractivity contribution < 1.29 is 9.32 Å². The predicted molar refractivity (Wildman–Crippen MR) is 122 cm³/mol. The molecule has 4 aromatic rings. The van der Waals surface area contributed by atoms with E-state index in [2.05, 4.69) is 41.4 Å². The number of aryl methyl sites for hydroxylation is 2. The van der Waals surface area contributed by atoms with Gasteiger partial charge in [-0.05, 0) is 37.7 Å². The van der Waals surface area contributed by atoms with Crippen LogP contribution in [0.1, 0.15) is 55.1 Å². The first-order chi connectivity index (χ1) is 14.9. The number of aromatic nitrogens is 5. The Hall–Kier alpha value is -2.46. The van der Waals surface area contributed by atoms with Gasteiger partial charge in [0.25, 0.3) is 0 Å². The Labute approximate surface area is 187 Å². The minimum atomic E-state index is -0.169. The summed E-state index contributed by atoms with van der Waals surface area (Å²) < 4.78 is 7.03. The van der Waals surface area contributed by atoms with Crippen LogP contribution in [0.15, 0.2) is 15.7 Å². The van der Waals surface area contributed by atoms with E-state index in [1.54, 1.807) is 24.3 Å². The van der Waals surface area contributed by atoms with E-state index in [0.29, 0.717) is 22.7 Å². The van der Waals surface area contributed by atoms with Gasteiger partial charge in [-0.15, -0.1) is 21.5 Å². The number of carbonyl (C=O) groups is 1. The summed E-state index contributed by atoms with van der Waals surface area (Å²) in [5.74, 6) is 2.92. The molecule has 0 saturated carbocycles. The molecule has 162 valence electrons. The fourth-order valence-electron chi connectivity index (χ4n) is 4.05. The average Bonchev–Trinajstić information content (AvgIpc) is 3.41. The molecule has 4 heterocycles. The van der Waals surface area contributed by atoms with Crippen molar-refractivity contribution in [3.8, 4) is 0 Å². The Morgan fingerprint density at radius 3 is 3.00 bits per heavy atom. The molecule has 0 fully saturated rings. The SMILES string of the molecule is Cc1cc(NC(=O)CSc2nnc3c4c5c(sc4nc(C(C)C)n23)CC(C)CC5)no1. The van der Waals surface area contributed by atoms with Crippen molar-refractivity contribution in [2.75, 3.05) is 11.1 Å². The van der Waals surface area contributed by atoms with Gasteiger partial charge in [0.05, 0.1) is 11.1 Å². The largest absolute Gasteiger partial charge is 0.360 e. The zero-order valence-corrected chi connectivity index (χ0v) is 19.6. The number of amides is 1. The molecular formula is C21H24N6O2S2. The second-order valence-electron chi connectivity index (χ2n) is 8.46. The summed E-state index contributed by atoms with van der Waals surface area (Å²) in [6.45, 7) is 8.34. The number of anilines is 1. The van der Waals surface area contributed by atoms with Crippen LogP contribution < -0.4 is 5.32 Å². The number of hydrogen-bond acceptors (Lipinski definition) is 8. The molecule has 0 spiro atoms. The number of hydrogen-bond donors (Lipinski definition) is 1. The van der Waals surface area contributed by atoms with Crippen LogP contribution in [-0.4, -0.2) is 36.4 Å². The Balaban J connectivity index is 1.50. The van der Waals surface area contributed by atoms with Gasteiger partial charge in [-0.25, -0.2) is 4.98 Å². The predicted octanol–water partition coefficient (Wildman–Crippen LogP) is 4.61. The van der Waals surface area contributed by atoms with Crippen LogP contribution in [0.4, 0.5) is 5.82 Å². The topological polar surface area (TPSA) is 98.2 Å². The maximum atomic E-state index is 12.4. The molecule has 0 radical (unpaired) electrons. The molecule has 0 saturated heterocycles. The highest BCUT2D eigenvalue weighted by Crippen LogP contribution is 2.40. The van der Waals surface area contributed by atoms with Gasteiger partial charge in [-0.1, -0.05) is 37.7 Å². The highest BCUT2D eigenvalue weighted by atomic mass is 32.2. The number of nitrogens with one attached hydrogen (secondary N) is 1. The highest BCUT2D eigenvalue weighted by molar-refractivity contribution is 7.99. The lowest BCUT2D eigenvalue weighted by Gasteiger charge is -2.17. The van der Waals surface area contributed by atoms with Gasteiger partial charge in [-0.2, -0.15) is 0 Å². The first-order valence-corrected chi connectivity index (χ1v) is 12.3. The third-order valence-corrected chi connectivity index (χ3v) is 7.62. The van der Waals surface area contributed by atoms with Crippen molar-refractivity contribution in [3.63, 3.8) is 0 Å². The molecule has 31 heavy (non-hydrogen) atoms. The third kappa shape index (κ3) is 3.71. The van der Waals surface area contributed by atoms with Crippen LogP contribution in [0.3, 0.4) is 0 Å². The minimum absolute atomic E-state index is 0.169. The van der Waals surface area contributed by atoms with Gasteiger partial charge < -0.3 is 9.84 Å². The molecule has 5 rings (SSSR count). The molecular weight excluding hydrogens is 432 g/mol. The van der Waals surface area contributed by atoms with Gasteiger partial charge in [0.1, 0.15) is 16.4 Å². The first-order valence-electron chi connectivity index (χ1n) is 10.5. The van der Waals surface area contributed by atoms with Gasteiger partial charge in [-0.3, -0.25) is 9.20 Å². The summed E-state index contributed by atoms with van der Waals surface area (Å²) in [7, 11) is 0. The van der Waals surface area contributed by atoms with E-state index in [9.17, 15) is 4.79 Å². The van der Waals surface area contributed by atoms with E-state index in [1.807, 2.05) is 4.40 Å². The van der Waals surface area contributed by atoms with Crippen molar-refractivity contribution in [2.24, 2.45) is 5.92 Å². The van der Waals surface area contributed by atoms with E-state index >= 15 is 0 Å². The maximum Gasteiger partial charge on any atom is 0.236 e.